The summed E-state index contributed by atoms with van der Waals surface area (Å²) < 4.78 is 5.44. The van der Waals surface area contributed by atoms with E-state index in [1.165, 1.54) is 6.42 Å². The molecule has 1 heterocycles. The Bertz CT molecular complexity index is 475. The Labute approximate surface area is 115 Å². The SMILES string of the molecule is O=C(NC1CCCC1Br)c1ccc2c(c1)CCO2. The molecule has 1 aliphatic carbocycles. The van der Waals surface area contributed by atoms with Gasteiger partial charge in [-0.05, 0) is 36.6 Å². The van der Waals surface area contributed by atoms with Gasteiger partial charge in [-0.2, -0.15) is 0 Å². The summed E-state index contributed by atoms with van der Waals surface area (Å²) in [6.07, 6.45) is 4.29. The van der Waals surface area contributed by atoms with Crippen molar-refractivity contribution in [3.8, 4) is 5.75 Å². The molecular weight excluding hydrogens is 294 g/mol. The molecule has 2 atom stereocenters. The molecule has 1 N–H and O–H groups in total. The number of hydrogen-bond acceptors (Lipinski definition) is 2. The number of carbonyl (C=O) groups is 1. The van der Waals surface area contributed by atoms with E-state index in [9.17, 15) is 4.79 Å². The van der Waals surface area contributed by atoms with Gasteiger partial charge in [0.1, 0.15) is 5.75 Å². The van der Waals surface area contributed by atoms with Crippen molar-refractivity contribution in [1.29, 1.82) is 0 Å². The van der Waals surface area contributed by atoms with E-state index in [-0.39, 0.29) is 11.9 Å². The summed E-state index contributed by atoms with van der Waals surface area (Å²) in [6.45, 7) is 0.729. The second-order valence-corrected chi connectivity index (χ2v) is 6.12. The molecule has 1 saturated carbocycles. The van der Waals surface area contributed by atoms with Gasteiger partial charge in [-0.1, -0.05) is 22.4 Å². The van der Waals surface area contributed by atoms with Crippen molar-refractivity contribution in [2.24, 2.45) is 0 Å². The van der Waals surface area contributed by atoms with Crippen LogP contribution >= 0.6 is 15.9 Å². The molecule has 96 valence electrons. The predicted molar refractivity (Wildman–Crippen MR) is 73.5 cm³/mol. The van der Waals surface area contributed by atoms with Crippen molar-refractivity contribution in [2.45, 2.75) is 36.6 Å². The molecule has 3 rings (SSSR count). The minimum Gasteiger partial charge on any atom is -0.493 e. The van der Waals surface area contributed by atoms with Crippen LogP contribution in [0, 0.1) is 0 Å². The molecule has 18 heavy (non-hydrogen) atoms. The third kappa shape index (κ3) is 2.26. The minimum absolute atomic E-state index is 0.0288. The second-order valence-electron chi connectivity index (χ2n) is 4.95. The number of amides is 1. The number of benzene rings is 1. The first-order chi connectivity index (χ1) is 8.74. The zero-order valence-corrected chi connectivity index (χ0v) is 11.7. The Kier molecular flexibility index (Phi) is 3.29. The van der Waals surface area contributed by atoms with E-state index >= 15 is 0 Å². The van der Waals surface area contributed by atoms with Crippen LogP contribution in [0.15, 0.2) is 18.2 Å². The lowest BCUT2D eigenvalue weighted by molar-refractivity contribution is 0.0939. The highest BCUT2D eigenvalue weighted by Crippen LogP contribution is 2.28. The number of hydrogen-bond donors (Lipinski definition) is 1. The molecule has 0 bridgehead atoms. The topological polar surface area (TPSA) is 38.3 Å². The summed E-state index contributed by atoms with van der Waals surface area (Å²) in [5.74, 6) is 0.951. The summed E-state index contributed by atoms with van der Waals surface area (Å²) in [5.41, 5.74) is 1.88. The van der Waals surface area contributed by atoms with Gasteiger partial charge in [-0.15, -0.1) is 0 Å². The number of rotatable bonds is 2. The molecule has 0 saturated heterocycles. The fourth-order valence-corrected chi connectivity index (χ4v) is 3.38. The first-order valence-corrected chi connectivity index (χ1v) is 7.36. The average Bonchev–Trinajstić information content (AvgIpc) is 2.98. The quantitative estimate of drug-likeness (QED) is 0.853. The van der Waals surface area contributed by atoms with Gasteiger partial charge in [0.25, 0.3) is 5.91 Å². The molecule has 0 radical (unpaired) electrons. The molecular formula is C14H16BrNO2. The second kappa shape index (κ2) is 4.92. The van der Waals surface area contributed by atoms with Crippen LogP contribution < -0.4 is 10.1 Å². The lowest BCUT2D eigenvalue weighted by atomic mass is 10.1. The van der Waals surface area contributed by atoms with E-state index in [2.05, 4.69) is 21.2 Å². The highest BCUT2D eigenvalue weighted by atomic mass is 79.9. The van der Waals surface area contributed by atoms with Crippen LogP contribution in [0.5, 0.6) is 5.75 Å². The normalized spacial score (nSPS) is 25.6. The van der Waals surface area contributed by atoms with Gasteiger partial charge in [0.2, 0.25) is 0 Å². The van der Waals surface area contributed by atoms with Crippen LogP contribution in [0.4, 0.5) is 0 Å². The van der Waals surface area contributed by atoms with E-state index in [0.29, 0.717) is 4.83 Å². The molecule has 1 aliphatic heterocycles. The van der Waals surface area contributed by atoms with Gasteiger partial charge >= 0.3 is 0 Å². The zero-order chi connectivity index (χ0) is 12.5. The van der Waals surface area contributed by atoms with Crippen LogP contribution in [0.3, 0.4) is 0 Å². The molecule has 1 amide bonds. The summed E-state index contributed by atoms with van der Waals surface area (Å²) in [4.78, 5) is 12.6. The van der Waals surface area contributed by atoms with Gasteiger partial charge < -0.3 is 10.1 Å². The summed E-state index contributed by atoms with van der Waals surface area (Å²) in [6, 6.07) is 5.97. The molecule has 2 unspecified atom stereocenters. The third-order valence-corrected chi connectivity index (χ3v) is 4.80. The third-order valence-electron chi connectivity index (χ3n) is 3.70. The summed E-state index contributed by atoms with van der Waals surface area (Å²) in [7, 11) is 0. The molecule has 0 aromatic heterocycles. The monoisotopic (exact) mass is 309 g/mol. The van der Waals surface area contributed by atoms with E-state index in [1.807, 2.05) is 18.2 Å². The predicted octanol–water partition coefficient (Wildman–Crippen LogP) is 2.67. The number of halogens is 1. The highest BCUT2D eigenvalue weighted by Gasteiger charge is 2.26. The largest absolute Gasteiger partial charge is 0.493 e. The maximum Gasteiger partial charge on any atom is 0.251 e. The number of alkyl halides is 1. The van der Waals surface area contributed by atoms with Gasteiger partial charge in [0.15, 0.2) is 0 Å². The Hall–Kier alpha value is -1.03. The Balaban J connectivity index is 1.72. The smallest absolute Gasteiger partial charge is 0.251 e. The minimum atomic E-state index is 0.0288. The lowest BCUT2D eigenvalue weighted by Crippen LogP contribution is -2.37. The van der Waals surface area contributed by atoms with Crippen molar-refractivity contribution in [1.82, 2.24) is 5.32 Å². The van der Waals surface area contributed by atoms with Crippen molar-refractivity contribution in [3.05, 3.63) is 29.3 Å². The first-order valence-electron chi connectivity index (χ1n) is 6.45. The van der Waals surface area contributed by atoms with Crippen LogP contribution in [-0.4, -0.2) is 23.4 Å². The fraction of sp³-hybridized carbons (Fsp3) is 0.500. The van der Waals surface area contributed by atoms with E-state index in [4.69, 9.17) is 4.74 Å². The highest BCUT2D eigenvalue weighted by molar-refractivity contribution is 9.09. The van der Waals surface area contributed by atoms with Crippen LogP contribution in [0.25, 0.3) is 0 Å². The van der Waals surface area contributed by atoms with Crippen molar-refractivity contribution >= 4 is 21.8 Å². The Morgan fingerprint density at radius 1 is 1.39 bits per heavy atom. The molecule has 3 nitrogen and oxygen atoms in total. The molecule has 1 aromatic rings. The van der Waals surface area contributed by atoms with Gasteiger partial charge in [0.05, 0.1) is 6.61 Å². The lowest BCUT2D eigenvalue weighted by Gasteiger charge is -2.16. The molecule has 0 spiro atoms. The van der Waals surface area contributed by atoms with Gasteiger partial charge in [-0.25, -0.2) is 0 Å². The Morgan fingerprint density at radius 2 is 2.28 bits per heavy atom. The maximum absolute atomic E-state index is 12.2. The van der Waals surface area contributed by atoms with Crippen molar-refractivity contribution in [3.63, 3.8) is 0 Å². The van der Waals surface area contributed by atoms with Crippen molar-refractivity contribution in [2.75, 3.05) is 6.61 Å². The first kappa shape index (κ1) is 12.0. The molecule has 2 aliphatic rings. The molecule has 1 fully saturated rings. The average molecular weight is 310 g/mol. The van der Waals surface area contributed by atoms with Crippen LogP contribution in [0.1, 0.15) is 35.2 Å². The number of fused-ring (bicyclic) bond motifs is 1. The van der Waals surface area contributed by atoms with Gasteiger partial charge in [-0.3, -0.25) is 4.79 Å². The Morgan fingerprint density at radius 3 is 3.06 bits per heavy atom. The van der Waals surface area contributed by atoms with Crippen molar-refractivity contribution < 1.29 is 9.53 Å². The molecule has 4 heteroatoms. The maximum atomic E-state index is 12.2. The zero-order valence-electron chi connectivity index (χ0n) is 10.1. The fourth-order valence-electron chi connectivity index (χ4n) is 2.66. The van der Waals surface area contributed by atoms with E-state index in [0.717, 1.165) is 42.7 Å². The number of ether oxygens (including phenoxy) is 1. The van der Waals surface area contributed by atoms with E-state index < -0.39 is 0 Å². The van der Waals surface area contributed by atoms with Crippen LogP contribution in [-0.2, 0) is 6.42 Å². The number of nitrogens with one attached hydrogen (secondary N) is 1. The standard InChI is InChI=1S/C14H16BrNO2/c15-11-2-1-3-12(11)16-14(17)10-4-5-13-9(8-10)6-7-18-13/h4-5,8,11-12H,1-3,6-7H2,(H,16,17). The summed E-state index contributed by atoms with van der Waals surface area (Å²) in [5, 5.41) is 3.11. The summed E-state index contributed by atoms with van der Waals surface area (Å²) >= 11 is 3.62. The van der Waals surface area contributed by atoms with Gasteiger partial charge in [0, 0.05) is 22.9 Å². The van der Waals surface area contributed by atoms with Crippen LogP contribution in [0.2, 0.25) is 0 Å². The van der Waals surface area contributed by atoms with E-state index in [1.54, 1.807) is 0 Å². The molecule has 1 aromatic carbocycles. The number of carbonyl (C=O) groups excluding carboxylic acids is 1.